The molecule has 0 bridgehead atoms. The van der Waals surface area contributed by atoms with Crippen molar-refractivity contribution in [3.63, 3.8) is 0 Å². The summed E-state index contributed by atoms with van der Waals surface area (Å²) in [6, 6.07) is 0. The lowest BCUT2D eigenvalue weighted by molar-refractivity contribution is -0.115. The molecule has 0 amide bonds. The number of ketones is 1. The van der Waals surface area contributed by atoms with E-state index in [9.17, 15) is 9.59 Å². The predicted octanol–water partition coefficient (Wildman–Crippen LogP) is 2.22. The van der Waals surface area contributed by atoms with Crippen molar-refractivity contribution in [3.8, 4) is 0 Å². The summed E-state index contributed by atoms with van der Waals surface area (Å²) in [6.45, 7) is 7.12. The molecule has 66 valence electrons. The van der Waals surface area contributed by atoms with Gasteiger partial charge < -0.3 is 9.59 Å². The summed E-state index contributed by atoms with van der Waals surface area (Å²) in [7, 11) is 0. The first-order valence-electron chi connectivity index (χ1n) is 4.00. The van der Waals surface area contributed by atoms with E-state index in [1.807, 2.05) is 13.8 Å². The summed E-state index contributed by atoms with van der Waals surface area (Å²) in [5, 5.41) is 0. The number of Topliss-reactive ketones (excluding diaryl/α,β-unsaturated/α-hetero) is 1. The van der Waals surface area contributed by atoms with Gasteiger partial charge in [-0.15, -0.1) is 0 Å². The number of hydrogen-bond donors (Lipinski definition) is 0. The number of carbonyl (C=O) groups excluding carboxylic acids is 2. The lowest BCUT2D eigenvalue weighted by atomic mass is 10.1. The molecule has 0 aromatic heterocycles. The fraction of sp³-hybridized carbons (Fsp3) is 0.778. The van der Waals surface area contributed by atoms with Gasteiger partial charge in [0, 0.05) is 5.92 Å². The summed E-state index contributed by atoms with van der Waals surface area (Å²) in [4.78, 5) is 19.4. The quantitative estimate of drug-likeness (QED) is 0.590. The van der Waals surface area contributed by atoms with Crippen molar-refractivity contribution in [1.29, 1.82) is 0 Å². The van der Waals surface area contributed by atoms with Crippen molar-refractivity contribution in [2.24, 2.45) is 5.92 Å². The second kappa shape index (κ2) is 9.34. The molecule has 0 fully saturated rings. The van der Waals surface area contributed by atoms with Crippen LogP contribution >= 0.6 is 0 Å². The van der Waals surface area contributed by atoms with Crippen LogP contribution in [-0.2, 0) is 9.59 Å². The molecule has 0 atom stereocenters. The first kappa shape index (κ1) is 13.0. The Morgan fingerprint density at radius 2 is 1.55 bits per heavy atom. The SMILES string of the molecule is CC(C)=O.CCC(C=O)CC. The zero-order valence-corrected chi connectivity index (χ0v) is 7.89. The van der Waals surface area contributed by atoms with E-state index in [1.165, 1.54) is 13.8 Å². The van der Waals surface area contributed by atoms with Crippen LogP contribution in [0.2, 0.25) is 0 Å². The van der Waals surface area contributed by atoms with Gasteiger partial charge in [-0.25, -0.2) is 0 Å². The topological polar surface area (TPSA) is 34.1 Å². The highest BCUT2D eigenvalue weighted by Gasteiger charge is 1.96. The van der Waals surface area contributed by atoms with Crippen LogP contribution in [0.3, 0.4) is 0 Å². The van der Waals surface area contributed by atoms with Crippen LogP contribution < -0.4 is 0 Å². The maximum absolute atomic E-state index is 9.97. The zero-order chi connectivity index (χ0) is 9.28. The van der Waals surface area contributed by atoms with Crippen molar-refractivity contribution in [1.82, 2.24) is 0 Å². The minimum Gasteiger partial charge on any atom is -0.303 e. The molecule has 2 heteroatoms. The van der Waals surface area contributed by atoms with E-state index in [1.54, 1.807) is 0 Å². The molecule has 0 aliphatic heterocycles. The Bertz CT molecular complexity index is 100. The average molecular weight is 158 g/mol. The second-order valence-corrected chi connectivity index (χ2v) is 2.62. The van der Waals surface area contributed by atoms with Crippen LogP contribution in [0.4, 0.5) is 0 Å². The molecule has 0 aliphatic rings. The Morgan fingerprint density at radius 1 is 1.27 bits per heavy atom. The summed E-state index contributed by atoms with van der Waals surface area (Å²) >= 11 is 0. The first-order chi connectivity index (χ1) is 5.08. The number of hydrogen-bond acceptors (Lipinski definition) is 2. The van der Waals surface area contributed by atoms with Crippen molar-refractivity contribution >= 4 is 12.1 Å². The third-order valence-corrected chi connectivity index (χ3v) is 1.24. The van der Waals surface area contributed by atoms with E-state index in [2.05, 4.69) is 0 Å². The zero-order valence-electron chi connectivity index (χ0n) is 7.89. The van der Waals surface area contributed by atoms with Crippen molar-refractivity contribution in [2.75, 3.05) is 0 Å². The Balaban J connectivity index is 0. The number of rotatable bonds is 3. The standard InChI is InChI=1S/C6H12O.C3H6O/c1-3-6(4-2)5-7;1-3(2)4/h5-6H,3-4H2,1-2H3;1-2H3. The van der Waals surface area contributed by atoms with Gasteiger partial charge in [0.1, 0.15) is 12.1 Å². The van der Waals surface area contributed by atoms with E-state index in [-0.39, 0.29) is 5.78 Å². The van der Waals surface area contributed by atoms with Crippen LogP contribution in [0.1, 0.15) is 40.5 Å². The lowest BCUT2D eigenvalue weighted by Gasteiger charge is -1.97. The average Bonchev–Trinajstić information content (AvgIpc) is 1.90. The molecule has 11 heavy (non-hydrogen) atoms. The van der Waals surface area contributed by atoms with E-state index in [0.717, 1.165) is 19.1 Å². The number of aldehydes is 1. The van der Waals surface area contributed by atoms with Gasteiger partial charge in [-0.2, -0.15) is 0 Å². The minimum atomic E-state index is 0.167. The van der Waals surface area contributed by atoms with Crippen LogP contribution in [0, 0.1) is 5.92 Å². The molecule has 0 aliphatic carbocycles. The van der Waals surface area contributed by atoms with Crippen molar-refractivity contribution in [3.05, 3.63) is 0 Å². The van der Waals surface area contributed by atoms with Gasteiger partial charge in [0.15, 0.2) is 0 Å². The van der Waals surface area contributed by atoms with Crippen LogP contribution in [0.5, 0.6) is 0 Å². The smallest absolute Gasteiger partial charge is 0.126 e. The fourth-order valence-electron chi connectivity index (χ4n) is 0.481. The molecule has 0 aromatic rings. The molecule has 0 rings (SSSR count). The first-order valence-corrected chi connectivity index (χ1v) is 4.00. The largest absolute Gasteiger partial charge is 0.303 e. The monoisotopic (exact) mass is 158 g/mol. The maximum Gasteiger partial charge on any atom is 0.126 e. The Morgan fingerprint density at radius 3 is 1.55 bits per heavy atom. The van der Waals surface area contributed by atoms with Gasteiger partial charge in [0.2, 0.25) is 0 Å². The lowest BCUT2D eigenvalue weighted by Crippen LogP contribution is -1.95. The molecule has 0 spiro atoms. The predicted molar refractivity (Wildman–Crippen MR) is 46.5 cm³/mol. The van der Waals surface area contributed by atoms with Gasteiger partial charge in [-0.05, 0) is 26.7 Å². The van der Waals surface area contributed by atoms with E-state index < -0.39 is 0 Å². The van der Waals surface area contributed by atoms with Gasteiger partial charge in [-0.1, -0.05) is 13.8 Å². The molecule has 0 saturated carbocycles. The Labute approximate surface area is 69.0 Å². The van der Waals surface area contributed by atoms with Crippen LogP contribution in [-0.4, -0.2) is 12.1 Å². The summed E-state index contributed by atoms with van der Waals surface area (Å²) in [5.41, 5.74) is 0. The van der Waals surface area contributed by atoms with E-state index in [0.29, 0.717) is 5.92 Å². The Hall–Kier alpha value is -0.660. The van der Waals surface area contributed by atoms with Gasteiger partial charge in [0.05, 0.1) is 0 Å². The molecular formula is C9H18O2. The molecule has 0 saturated heterocycles. The normalized spacial score (nSPS) is 8.45. The molecule has 0 radical (unpaired) electrons. The third-order valence-electron chi connectivity index (χ3n) is 1.24. The van der Waals surface area contributed by atoms with E-state index in [4.69, 9.17) is 0 Å². The summed E-state index contributed by atoms with van der Waals surface area (Å²) in [6.07, 6.45) is 3.00. The summed E-state index contributed by atoms with van der Waals surface area (Å²) in [5.74, 6) is 0.472. The molecule has 2 nitrogen and oxygen atoms in total. The van der Waals surface area contributed by atoms with Gasteiger partial charge >= 0.3 is 0 Å². The highest BCUT2D eigenvalue weighted by molar-refractivity contribution is 5.72. The maximum atomic E-state index is 9.97. The third kappa shape index (κ3) is 17.6. The molecule has 0 aromatic carbocycles. The molecule has 0 N–H and O–H groups in total. The second-order valence-electron chi connectivity index (χ2n) is 2.62. The van der Waals surface area contributed by atoms with Crippen molar-refractivity contribution < 1.29 is 9.59 Å². The molecular weight excluding hydrogens is 140 g/mol. The Kier molecular flexibility index (Phi) is 11.0. The van der Waals surface area contributed by atoms with Gasteiger partial charge in [0.25, 0.3) is 0 Å². The van der Waals surface area contributed by atoms with Crippen LogP contribution in [0.25, 0.3) is 0 Å². The number of carbonyl (C=O) groups is 2. The van der Waals surface area contributed by atoms with Crippen LogP contribution in [0.15, 0.2) is 0 Å². The molecule has 0 unspecified atom stereocenters. The van der Waals surface area contributed by atoms with Gasteiger partial charge in [-0.3, -0.25) is 0 Å². The highest BCUT2D eigenvalue weighted by Crippen LogP contribution is 2.01. The van der Waals surface area contributed by atoms with Crippen molar-refractivity contribution in [2.45, 2.75) is 40.5 Å². The van der Waals surface area contributed by atoms with E-state index >= 15 is 0 Å². The highest BCUT2D eigenvalue weighted by atomic mass is 16.1. The fourth-order valence-corrected chi connectivity index (χ4v) is 0.481. The minimum absolute atomic E-state index is 0.167. The summed E-state index contributed by atoms with van der Waals surface area (Å²) < 4.78 is 0. The molecule has 0 heterocycles.